The topological polar surface area (TPSA) is 148 Å². The number of carbonyl (C=O) groups is 1. The second kappa shape index (κ2) is 13.5. The Morgan fingerprint density at radius 2 is 2.02 bits per heavy atom. The highest BCUT2D eigenvalue weighted by atomic mass is 31.2. The predicted molar refractivity (Wildman–Crippen MR) is 140 cm³/mol. The number of hydrogen-bond acceptors (Lipinski definition) is 9. The standard InChI is InChI=1S/C25H33F3N5O7P/c1-6-24-14-37-18(19(24)40-41(38-12-8-10-29)33(15(2)3)16(4)5)21(39-24)32-13-17(20(34)31-23(32)36)9-7-11-30-22(35)25(26,27)28/h13,15-16,18-19,21H,6,8,11-12,14H2,1-5H3,(H,30,35)(H,31,34,36)/t18?,19-,21+,24+,41?/m0/s1. The summed E-state index contributed by atoms with van der Waals surface area (Å²) in [6.07, 6.45) is -5.78. The van der Waals surface area contributed by atoms with Crippen molar-refractivity contribution in [2.24, 2.45) is 0 Å². The molecule has 0 aromatic carbocycles. The SMILES string of the molecule is CC[C@]12COC([C@H](n3cc(C#CCNC(=O)C(F)(F)F)c(=O)[nH]c3=O)O1)[C@@H]2OP(OCCC#N)N(C(C)C)C(C)C. The minimum absolute atomic E-state index is 0.0429. The van der Waals surface area contributed by atoms with Crippen molar-refractivity contribution in [3.63, 3.8) is 0 Å². The number of nitrogens with zero attached hydrogens (tertiary/aromatic N) is 3. The lowest BCUT2D eigenvalue weighted by atomic mass is 9.96. The molecule has 2 N–H and O–H groups in total. The molecule has 1 amide bonds. The largest absolute Gasteiger partial charge is 0.471 e. The van der Waals surface area contributed by atoms with Crippen LogP contribution in [-0.4, -0.2) is 76.0 Å². The van der Waals surface area contributed by atoms with Crippen LogP contribution in [-0.2, 0) is 23.3 Å². The van der Waals surface area contributed by atoms with Gasteiger partial charge >= 0.3 is 17.8 Å². The maximum Gasteiger partial charge on any atom is 0.471 e. The molecule has 2 saturated heterocycles. The van der Waals surface area contributed by atoms with Crippen molar-refractivity contribution in [2.45, 2.75) is 89.8 Å². The number of nitriles is 1. The molecule has 3 heterocycles. The Bertz CT molecular complexity index is 1310. The number of rotatable bonds is 11. The van der Waals surface area contributed by atoms with Gasteiger partial charge in [0.25, 0.3) is 14.1 Å². The molecular formula is C25H33F3N5O7P. The molecule has 16 heteroatoms. The van der Waals surface area contributed by atoms with Gasteiger partial charge in [-0.3, -0.25) is 19.1 Å². The molecule has 0 aliphatic carbocycles. The quantitative estimate of drug-likeness (QED) is 0.221. The second-order valence-electron chi connectivity index (χ2n) is 9.97. The zero-order valence-electron chi connectivity index (χ0n) is 23.3. The van der Waals surface area contributed by atoms with Gasteiger partial charge in [-0.1, -0.05) is 18.8 Å². The Morgan fingerprint density at radius 1 is 1.34 bits per heavy atom. The third-order valence-corrected chi connectivity index (χ3v) is 8.61. The Labute approximate surface area is 236 Å². The molecule has 2 aliphatic rings. The first-order valence-corrected chi connectivity index (χ1v) is 14.1. The fraction of sp³-hybridized carbons (Fsp3) is 0.680. The smallest absolute Gasteiger partial charge is 0.368 e. The number of aromatic nitrogens is 2. The summed E-state index contributed by atoms with van der Waals surface area (Å²) < 4.78 is 65.2. The van der Waals surface area contributed by atoms with Crippen LogP contribution in [0, 0.1) is 23.2 Å². The van der Waals surface area contributed by atoms with Gasteiger partial charge in [0.05, 0.1) is 32.2 Å². The maximum atomic E-state index is 12.8. The summed E-state index contributed by atoms with van der Waals surface area (Å²) >= 11 is 0. The molecule has 3 rings (SSSR count). The average molecular weight is 604 g/mol. The number of aromatic amines is 1. The lowest BCUT2D eigenvalue weighted by Crippen LogP contribution is -2.43. The van der Waals surface area contributed by atoms with Gasteiger partial charge in [0, 0.05) is 18.3 Å². The Morgan fingerprint density at radius 3 is 2.61 bits per heavy atom. The maximum absolute atomic E-state index is 12.8. The number of H-pyrrole nitrogens is 1. The van der Waals surface area contributed by atoms with E-state index in [9.17, 15) is 27.6 Å². The van der Waals surface area contributed by atoms with E-state index in [2.05, 4.69) is 27.6 Å². The molecule has 1 aromatic rings. The number of alkyl halides is 3. The van der Waals surface area contributed by atoms with Gasteiger partial charge in [0.15, 0.2) is 6.23 Å². The van der Waals surface area contributed by atoms with Gasteiger partial charge in [-0.25, -0.2) is 9.46 Å². The van der Waals surface area contributed by atoms with Crippen LogP contribution in [0.5, 0.6) is 0 Å². The third kappa shape index (κ3) is 7.36. The minimum Gasteiger partial charge on any atom is -0.368 e. The lowest BCUT2D eigenvalue weighted by molar-refractivity contribution is -0.175. The van der Waals surface area contributed by atoms with Crippen LogP contribution in [0.25, 0.3) is 0 Å². The van der Waals surface area contributed by atoms with Gasteiger partial charge in [-0.15, -0.1) is 0 Å². The summed E-state index contributed by atoms with van der Waals surface area (Å²) in [4.78, 5) is 38.2. The van der Waals surface area contributed by atoms with Crippen molar-refractivity contribution in [3.8, 4) is 17.9 Å². The van der Waals surface area contributed by atoms with Gasteiger partial charge in [0.2, 0.25) is 0 Å². The number of halogens is 3. The summed E-state index contributed by atoms with van der Waals surface area (Å²) in [5.74, 6) is 2.48. The molecule has 226 valence electrons. The zero-order valence-corrected chi connectivity index (χ0v) is 24.2. The molecule has 12 nitrogen and oxygen atoms in total. The molecule has 41 heavy (non-hydrogen) atoms. The minimum atomic E-state index is -5.07. The molecule has 0 saturated carbocycles. The van der Waals surface area contributed by atoms with Crippen molar-refractivity contribution >= 4 is 14.4 Å². The van der Waals surface area contributed by atoms with Crippen LogP contribution in [0.2, 0.25) is 0 Å². The Hall–Kier alpha value is -2.78. The molecule has 1 aromatic heterocycles. The Balaban J connectivity index is 1.89. The van der Waals surface area contributed by atoms with Crippen LogP contribution in [0.3, 0.4) is 0 Å². The molecule has 0 spiro atoms. The van der Waals surface area contributed by atoms with Crippen molar-refractivity contribution in [2.75, 3.05) is 19.8 Å². The van der Waals surface area contributed by atoms with Crippen molar-refractivity contribution in [1.82, 2.24) is 19.5 Å². The van der Waals surface area contributed by atoms with E-state index in [4.69, 9.17) is 23.8 Å². The van der Waals surface area contributed by atoms with Gasteiger partial charge in [0.1, 0.15) is 23.4 Å². The van der Waals surface area contributed by atoms with Gasteiger partial charge in [-0.2, -0.15) is 18.4 Å². The number of hydrogen-bond donors (Lipinski definition) is 2. The zero-order chi connectivity index (χ0) is 30.5. The Kier molecular flexibility index (Phi) is 10.7. The molecule has 2 fully saturated rings. The summed E-state index contributed by atoms with van der Waals surface area (Å²) in [6.45, 7) is 9.54. The first-order chi connectivity index (χ1) is 19.3. The summed E-state index contributed by atoms with van der Waals surface area (Å²) in [6, 6.07) is 2.14. The van der Waals surface area contributed by atoms with E-state index in [1.54, 1.807) is 5.32 Å². The fourth-order valence-electron chi connectivity index (χ4n) is 4.62. The highest BCUT2D eigenvalue weighted by Crippen LogP contribution is 2.55. The van der Waals surface area contributed by atoms with Crippen LogP contribution in [0.1, 0.15) is 59.3 Å². The van der Waals surface area contributed by atoms with Crippen molar-refractivity contribution < 1.29 is 36.5 Å². The third-order valence-electron chi connectivity index (χ3n) is 6.50. The predicted octanol–water partition coefficient (Wildman–Crippen LogP) is 2.30. The molecule has 5 atom stereocenters. The van der Waals surface area contributed by atoms with E-state index in [0.29, 0.717) is 6.42 Å². The molecule has 0 radical (unpaired) electrons. The summed E-state index contributed by atoms with van der Waals surface area (Å²) in [5, 5.41) is 10.6. The van der Waals surface area contributed by atoms with E-state index < -0.39 is 62.4 Å². The van der Waals surface area contributed by atoms with Crippen LogP contribution in [0.4, 0.5) is 13.2 Å². The van der Waals surface area contributed by atoms with Crippen LogP contribution in [0.15, 0.2) is 15.8 Å². The lowest BCUT2D eigenvalue weighted by Gasteiger charge is -2.38. The number of carbonyl (C=O) groups excluding carboxylic acids is 1. The van der Waals surface area contributed by atoms with E-state index in [-0.39, 0.29) is 37.3 Å². The van der Waals surface area contributed by atoms with Crippen molar-refractivity contribution in [1.29, 1.82) is 5.26 Å². The first kappa shape index (κ1) is 32.7. The first-order valence-electron chi connectivity index (χ1n) is 13.0. The molecule has 2 unspecified atom stereocenters. The number of nitrogens with one attached hydrogen (secondary N) is 2. The van der Waals surface area contributed by atoms with Crippen LogP contribution >= 0.6 is 8.53 Å². The highest BCUT2D eigenvalue weighted by Gasteiger charge is 2.63. The summed E-state index contributed by atoms with van der Waals surface area (Å²) in [7, 11) is -1.67. The van der Waals surface area contributed by atoms with Gasteiger partial charge < -0.3 is 23.8 Å². The second-order valence-corrected chi connectivity index (χ2v) is 11.4. The fourth-order valence-corrected chi connectivity index (χ4v) is 6.43. The summed E-state index contributed by atoms with van der Waals surface area (Å²) in [5.41, 5.74) is -2.84. The molecular weight excluding hydrogens is 570 g/mol. The van der Waals surface area contributed by atoms with E-state index in [0.717, 1.165) is 10.8 Å². The van der Waals surface area contributed by atoms with E-state index in [1.165, 1.54) is 0 Å². The number of amides is 1. The van der Waals surface area contributed by atoms with Crippen molar-refractivity contribution in [3.05, 3.63) is 32.6 Å². The highest BCUT2D eigenvalue weighted by molar-refractivity contribution is 7.44. The normalized spacial score (nSPS) is 24.4. The molecule has 2 bridgehead atoms. The van der Waals surface area contributed by atoms with Crippen LogP contribution < -0.4 is 16.6 Å². The number of fused-ring (bicyclic) bond motifs is 2. The average Bonchev–Trinajstić information content (AvgIpc) is 3.38. The van der Waals surface area contributed by atoms with E-state index >= 15 is 0 Å². The monoisotopic (exact) mass is 603 g/mol. The molecule has 2 aliphatic heterocycles. The van der Waals surface area contributed by atoms with E-state index in [1.807, 2.05) is 34.6 Å². The number of ether oxygens (including phenoxy) is 2. The van der Waals surface area contributed by atoms with Gasteiger partial charge in [-0.05, 0) is 34.1 Å².